The molecule has 0 bridgehead atoms. The number of hydrogen-bond donors (Lipinski definition) is 1. The number of pyridine rings is 1. The highest BCUT2D eigenvalue weighted by Gasteiger charge is 2.35. The van der Waals surface area contributed by atoms with Crippen LogP contribution < -0.4 is 18.9 Å². The second kappa shape index (κ2) is 12.3. The van der Waals surface area contributed by atoms with Gasteiger partial charge in [0.2, 0.25) is 21.9 Å². The molecule has 4 rings (SSSR count). The van der Waals surface area contributed by atoms with Gasteiger partial charge in [-0.05, 0) is 44.5 Å². The number of aryl methyl sites for hydroxylation is 1. The molecule has 2 atom stereocenters. The van der Waals surface area contributed by atoms with Crippen molar-refractivity contribution in [1.29, 1.82) is 0 Å². The number of aromatic nitrogens is 6. The van der Waals surface area contributed by atoms with Crippen LogP contribution in [0.5, 0.6) is 17.4 Å². The fourth-order valence-electron chi connectivity index (χ4n) is 3.97. The number of nitrogens with one attached hydrogen (secondary N) is 1. The summed E-state index contributed by atoms with van der Waals surface area (Å²) in [6.45, 7) is 5.38. The van der Waals surface area contributed by atoms with Gasteiger partial charge in [-0.2, -0.15) is 0 Å². The molecule has 3 heterocycles. The number of benzene rings is 1. The van der Waals surface area contributed by atoms with E-state index in [1.54, 1.807) is 55.7 Å². The summed E-state index contributed by atoms with van der Waals surface area (Å²) in [5.74, 6) is 1.46. The number of para-hydroxylation sites is 1. The summed E-state index contributed by atoms with van der Waals surface area (Å²) in [6.07, 6.45) is 2.28. The predicted octanol–water partition coefficient (Wildman–Crippen LogP) is 3.36. The molecule has 0 aliphatic heterocycles. The Hall–Kier alpha value is -4.30. The predicted molar refractivity (Wildman–Crippen MR) is 147 cm³/mol. The Morgan fingerprint density at radius 1 is 0.950 bits per heavy atom. The average Bonchev–Trinajstić information content (AvgIpc) is 3.37. The van der Waals surface area contributed by atoms with Gasteiger partial charge < -0.3 is 18.9 Å². The van der Waals surface area contributed by atoms with Crippen molar-refractivity contribution in [2.75, 3.05) is 32.7 Å². The summed E-state index contributed by atoms with van der Waals surface area (Å²) in [5.41, 5.74) is 1.58. The molecule has 0 amide bonds. The van der Waals surface area contributed by atoms with Crippen molar-refractivity contribution in [2.24, 2.45) is 0 Å². The highest BCUT2D eigenvalue weighted by molar-refractivity contribution is 7.93. The molecule has 4 aromatic rings. The first-order valence-electron chi connectivity index (χ1n) is 12.3. The Kier molecular flexibility index (Phi) is 8.80. The summed E-state index contributed by atoms with van der Waals surface area (Å²) >= 11 is 0. The molecule has 0 spiro atoms. The number of sulfonamides is 1. The number of rotatable bonds is 12. The Labute approximate surface area is 232 Å². The van der Waals surface area contributed by atoms with E-state index in [1.807, 2.05) is 6.92 Å². The second-order valence-corrected chi connectivity index (χ2v) is 10.6. The molecule has 0 aliphatic rings. The van der Waals surface area contributed by atoms with Crippen molar-refractivity contribution in [2.45, 2.75) is 32.1 Å². The van der Waals surface area contributed by atoms with Crippen molar-refractivity contribution >= 4 is 16.0 Å². The minimum atomic E-state index is -4.15. The molecular formula is C26H31N7O6S. The normalized spacial score (nSPS) is 12.9. The van der Waals surface area contributed by atoms with Gasteiger partial charge in [0, 0.05) is 25.1 Å². The van der Waals surface area contributed by atoms with Gasteiger partial charge in [0.15, 0.2) is 11.6 Å². The fourth-order valence-corrected chi connectivity index (χ4v) is 5.06. The van der Waals surface area contributed by atoms with Crippen molar-refractivity contribution in [3.63, 3.8) is 0 Å². The fraction of sp³-hybridized carbons (Fsp3) is 0.346. The lowest BCUT2D eigenvalue weighted by atomic mass is 10.2. The molecule has 212 valence electrons. The van der Waals surface area contributed by atoms with Crippen molar-refractivity contribution < 1.29 is 27.4 Å². The Balaban J connectivity index is 1.85. The zero-order valence-electron chi connectivity index (χ0n) is 23.0. The molecule has 0 radical (unpaired) electrons. The largest absolute Gasteiger partial charge is 0.494 e. The van der Waals surface area contributed by atoms with Crippen LogP contribution in [0.1, 0.15) is 31.3 Å². The molecular weight excluding hydrogens is 538 g/mol. The number of ether oxygens (including phenoxy) is 4. The first kappa shape index (κ1) is 28.7. The minimum Gasteiger partial charge on any atom is -0.494 e. The third-order valence-electron chi connectivity index (χ3n) is 6.00. The van der Waals surface area contributed by atoms with E-state index < -0.39 is 21.4 Å². The van der Waals surface area contributed by atoms with E-state index in [9.17, 15) is 8.42 Å². The van der Waals surface area contributed by atoms with Gasteiger partial charge in [0.25, 0.3) is 0 Å². The topological polar surface area (TPSA) is 152 Å². The van der Waals surface area contributed by atoms with Crippen LogP contribution in [0.4, 0.5) is 5.95 Å². The SMILES string of the molecule is CCOC(c1ncc(C)cn1)C(C)S(=O)(=O)Nc1nnc(-c2cccc(OC)n2)n1-c1c(OC)cccc1OC. The van der Waals surface area contributed by atoms with Gasteiger partial charge >= 0.3 is 0 Å². The van der Waals surface area contributed by atoms with Crippen LogP contribution in [0.2, 0.25) is 0 Å². The smallest absolute Gasteiger partial charge is 0.243 e. The molecule has 2 unspecified atom stereocenters. The van der Waals surface area contributed by atoms with Gasteiger partial charge in [-0.25, -0.2) is 23.4 Å². The van der Waals surface area contributed by atoms with Crippen LogP contribution in [0.25, 0.3) is 17.2 Å². The monoisotopic (exact) mass is 569 g/mol. The summed E-state index contributed by atoms with van der Waals surface area (Å²) in [4.78, 5) is 13.1. The van der Waals surface area contributed by atoms with Gasteiger partial charge in [-0.3, -0.25) is 9.29 Å². The van der Waals surface area contributed by atoms with Crippen LogP contribution in [0.3, 0.4) is 0 Å². The van der Waals surface area contributed by atoms with Crippen molar-refractivity contribution in [1.82, 2.24) is 29.7 Å². The van der Waals surface area contributed by atoms with Crippen LogP contribution in [0, 0.1) is 6.92 Å². The standard InChI is InChI=1S/C26H31N7O6S/c1-7-39-23(24-27-14-16(2)15-28-24)17(3)40(34,35)32-26-31-30-25(18-10-8-13-21(29-18)38-6)33(26)22-19(36-4)11-9-12-20(22)37-5/h8-15,17,23H,7H2,1-6H3,(H,31,32). The lowest BCUT2D eigenvalue weighted by molar-refractivity contribution is 0.0557. The molecule has 0 saturated carbocycles. The summed E-state index contributed by atoms with van der Waals surface area (Å²) < 4.78 is 53.9. The zero-order chi connectivity index (χ0) is 28.9. The highest BCUT2D eigenvalue weighted by Crippen LogP contribution is 2.38. The third-order valence-corrected chi connectivity index (χ3v) is 7.69. The maximum absolute atomic E-state index is 13.8. The van der Waals surface area contributed by atoms with E-state index in [0.717, 1.165) is 5.56 Å². The summed E-state index contributed by atoms with van der Waals surface area (Å²) in [7, 11) is 0.329. The quantitative estimate of drug-likeness (QED) is 0.267. The third kappa shape index (κ3) is 5.82. The van der Waals surface area contributed by atoms with Crippen LogP contribution in [-0.4, -0.2) is 71.3 Å². The zero-order valence-corrected chi connectivity index (χ0v) is 23.8. The average molecular weight is 570 g/mol. The Morgan fingerprint density at radius 2 is 1.60 bits per heavy atom. The lowest BCUT2D eigenvalue weighted by Gasteiger charge is -2.23. The highest BCUT2D eigenvalue weighted by atomic mass is 32.2. The molecule has 13 nitrogen and oxygen atoms in total. The van der Waals surface area contributed by atoms with Gasteiger partial charge in [0.05, 0.1) is 21.3 Å². The van der Waals surface area contributed by atoms with E-state index in [1.165, 1.54) is 32.8 Å². The molecule has 0 saturated heterocycles. The van der Waals surface area contributed by atoms with E-state index in [2.05, 4.69) is 29.9 Å². The number of methoxy groups -OCH3 is 3. The van der Waals surface area contributed by atoms with Gasteiger partial charge in [0.1, 0.15) is 34.2 Å². The molecule has 1 N–H and O–H groups in total. The lowest BCUT2D eigenvalue weighted by Crippen LogP contribution is -2.34. The molecule has 3 aromatic heterocycles. The molecule has 1 aromatic carbocycles. The molecule has 40 heavy (non-hydrogen) atoms. The van der Waals surface area contributed by atoms with Crippen LogP contribution in [0.15, 0.2) is 48.8 Å². The minimum absolute atomic E-state index is 0.116. The van der Waals surface area contributed by atoms with E-state index >= 15 is 0 Å². The van der Waals surface area contributed by atoms with Gasteiger partial charge in [-0.15, -0.1) is 10.2 Å². The Bertz CT molecular complexity index is 1540. The maximum Gasteiger partial charge on any atom is 0.243 e. The van der Waals surface area contributed by atoms with E-state index in [-0.39, 0.29) is 24.2 Å². The molecule has 0 fully saturated rings. The van der Waals surface area contributed by atoms with Gasteiger partial charge in [-0.1, -0.05) is 12.1 Å². The molecule has 0 aliphatic carbocycles. The van der Waals surface area contributed by atoms with Crippen molar-refractivity contribution in [3.05, 3.63) is 60.2 Å². The van der Waals surface area contributed by atoms with Crippen molar-refractivity contribution in [3.8, 4) is 34.6 Å². The summed E-state index contributed by atoms with van der Waals surface area (Å²) in [6, 6.07) is 10.3. The Morgan fingerprint density at radius 3 is 2.20 bits per heavy atom. The van der Waals surface area contributed by atoms with E-state index in [0.29, 0.717) is 28.8 Å². The molecule has 14 heteroatoms. The maximum atomic E-state index is 13.8. The number of anilines is 1. The first-order valence-corrected chi connectivity index (χ1v) is 13.9. The van der Waals surface area contributed by atoms with Crippen LogP contribution in [-0.2, 0) is 14.8 Å². The van der Waals surface area contributed by atoms with E-state index in [4.69, 9.17) is 18.9 Å². The van der Waals surface area contributed by atoms with Crippen LogP contribution >= 0.6 is 0 Å². The first-order chi connectivity index (χ1) is 19.2. The summed E-state index contributed by atoms with van der Waals surface area (Å²) in [5, 5.41) is 7.36. The second-order valence-electron chi connectivity index (χ2n) is 8.61. The number of hydrogen-bond acceptors (Lipinski definition) is 11. The number of nitrogens with zero attached hydrogens (tertiary/aromatic N) is 6.